The number of benzene rings is 1. The Morgan fingerprint density at radius 2 is 2.11 bits per heavy atom. The first-order valence-corrected chi connectivity index (χ1v) is 6.33. The standard InChI is InChI=1S/C13H19NO3S/c1-3-16-12-8-10(13(14)18)4-5-11(12)17-7-6-9(2)15/h4-5,8-9,15H,3,6-7H2,1-2H3,(H2,14,18). The fourth-order valence-corrected chi connectivity index (χ4v) is 1.52. The lowest BCUT2D eigenvalue weighted by Gasteiger charge is -2.13. The Balaban J connectivity index is 2.79. The molecule has 4 nitrogen and oxygen atoms in total. The molecule has 0 spiro atoms. The van der Waals surface area contributed by atoms with E-state index in [4.69, 9.17) is 27.4 Å². The van der Waals surface area contributed by atoms with E-state index in [0.717, 1.165) is 5.56 Å². The van der Waals surface area contributed by atoms with Crippen LogP contribution in [-0.4, -0.2) is 29.4 Å². The molecule has 0 saturated carbocycles. The van der Waals surface area contributed by atoms with Gasteiger partial charge in [-0.1, -0.05) is 12.2 Å². The number of aliphatic hydroxyl groups is 1. The summed E-state index contributed by atoms with van der Waals surface area (Å²) in [5, 5.41) is 9.18. The zero-order chi connectivity index (χ0) is 13.5. The van der Waals surface area contributed by atoms with Gasteiger partial charge in [-0.3, -0.25) is 0 Å². The van der Waals surface area contributed by atoms with E-state index < -0.39 is 0 Å². The predicted molar refractivity (Wildman–Crippen MR) is 75.3 cm³/mol. The molecule has 0 saturated heterocycles. The van der Waals surface area contributed by atoms with Crippen molar-refractivity contribution in [3.8, 4) is 11.5 Å². The first-order valence-electron chi connectivity index (χ1n) is 5.92. The summed E-state index contributed by atoms with van der Waals surface area (Å²) in [6.45, 7) is 4.59. The van der Waals surface area contributed by atoms with E-state index in [9.17, 15) is 5.11 Å². The van der Waals surface area contributed by atoms with Crippen LogP contribution in [0, 0.1) is 0 Å². The van der Waals surface area contributed by atoms with Gasteiger partial charge in [0.15, 0.2) is 11.5 Å². The Bertz CT molecular complexity index is 407. The molecule has 1 atom stereocenters. The number of hydrogen-bond donors (Lipinski definition) is 2. The molecule has 1 rings (SSSR count). The molecule has 1 unspecified atom stereocenters. The highest BCUT2D eigenvalue weighted by Gasteiger charge is 2.08. The number of nitrogens with two attached hydrogens (primary N) is 1. The first kappa shape index (κ1) is 14.7. The SMILES string of the molecule is CCOc1cc(C(N)=S)ccc1OCCC(C)O. The summed E-state index contributed by atoms with van der Waals surface area (Å²) in [7, 11) is 0. The third-order valence-electron chi connectivity index (χ3n) is 2.32. The van der Waals surface area contributed by atoms with Crippen molar-refractivity contribution in [2.24, 2.45) is 5.73 Å². The third kappa shape index (κ3) is 4.50. The van der Waals surface area contributed by atoms with Gasteiger partial charge in [0, 0.05) is 12.0 Å². The highest BCUT2D eigenvalue weighted by Crippen LogP contribution is 2.28. The molecule has 18 heavy (non-hydrogen) atoms. The second kappa shape index (κ2) is 7.18. The molecule has 1 aromatic carbocycles. The minimum absolute atomic E-state index is 0.325. The molecular formula is C13H19NO3S. The van der Waals surface area contributed by atoms with Crippen molar-refractivity contribution < 1.29 is 14.6 Å². The van der Waals surface area contributed by atoms with Crippen LogP contribution in [0.5, 0.6) is 11.5 Å². The minimum atomic E-state index is -0.378. The van der Waals surface area contributed by atoms with E-state index in [0.29, 0.717) is 36.1 Å². The van der Waals surface area contributed by atoms with Crippen molar-refractivity contribution in [3.63, 3.8) is 0 Å². The molecule has 0 amide bonds. The maximum Gasteiger partial charge on any atom is 0.161 e. The van der Waals surface area contributed by atoms with E-state index in [1.54, 1.807) is 25.1 Å². The van der Waals surface area contributed by atoms with Crippen molar-refractivity contribution in [2.75, 3.05) is 13.2 Å². The average Bonchev–Trinajstić information content (AvgIpc) is 2.30. The summed E-state index contributed by atoms with van der Waals surface area (Å²) in [5.41, 5.74) is 6.32. The van der Waals surface area contributed by atoms with Gasteiger partial charge < -0.3 is 20.3 Å². The predicted octanol–water partition coefficient (Wildman–Crippen LogP) is 1.87. The van der Waals surface area contributed by atoms with E-state index in [-0.39, 0.29) is 6.10 Å². The Kier molecular flexibility index (Phi) is 5.88. The van der Waals surface area contributed by atoms with Crippen LogP contribution >= 0.6 is 12.2 Å². The molecular weight excluding hydrogens is 250 g/mol. The van der Waals surface area contributed by atoms with Crippen molar-refractivity contribution in [3.05, 3.63) is 23.8 Å². The zero-order valence-corrected chi connectivity index (χ0v) is 11.5. The second-order valence-corrected chi connectivity index (χ2v) is 4.38. The summed E-state index contributed by atoms with van der Waals surface area (Å²) in [5.74, 6) is 1.26. The monoisotopic (exact) mass is 269 g/mol. The molecule has 0 fully saturated rings. The van der Waals surface area contributed by atoms with Crippen LogP contribution in [0.3, 0.4) is 0 Å². The van der Waals surface area contributed by atoms with Crippen LogP contribution in [-0.2, 0) is 0 Å². The van der Waals surface area contributed by atoms with Crippen LogP contribution < -0.4 is 15.2 Å². The van der Waals surface area contributed by atoms with Gasteiger partial charge in [0.2, 0.25) is 0 Å². The number of rotatable bonds is 7. The van der Waals surface area contributed by atoms with E-state index in [2.05, 4.69) is 0 Å². The Hall–Kier alpha value is -1.33. The lowest BCUT2D eigenvalue weighted by molar-refractivity contribution is 0.153. The summed E-state index contributed by atoms with van der Waals surface area (Å²) in [6.07, 6.45) is 0.194. The van der Waals surface area contributed by atoms with Crippen LogP contribution in [0.2, 0.25) is 0 Å². The van der Waals surface area contributed by atoms with Gasteiger partial charge in [0.05, 0.1) is 19.3 Å². The maximum absolute atomic E-state index is 9.18. The van der Waals surface area contributed by atoms with Crippen LogP contribution in [0.4, 0.5) is 0 Å². The molecule has 0 bridgehead atoms. The van der Waals surface area contributed by atoms with Crippen LogP contribution in [0.1, 0.15) is 25.8 Å². The van der Waals surface area contributed by atoms with Crippen molar-refractivity contribution in [1.82, 2.24) is 0 Å². The Morgan fingerprint density at radius 1 is 1.39 bits per heavy atom. The lowest BCUT2D eigenvalue weighted by Crippen LogP contribution is -2.11. The van der Waals surface area contributed by atoms with Gasteiger partial charge in [-0.05, 0) is 32.0 Å². The second-order valence-electron chi connectivity index (χ2n) is 3.94. The summed E-state index contributed by atoms with van der Waals surface area (Å²) >= 11 is 4.92. The topological polar surface area (TPSA) is 64.7 Å². The van der Waals surface area contributed by atoms with Gasteiger partial charge in [-0.15, -0.1) is 0 Å². The molecule has 0 aliphatic carbocycles. The Morgan fingerprint density at radius 3 is 2.67 bits per heavy atom. The summed E-state index contributed by atoms with van der Waals surface area (Å²) in [4.78, 5) is 0.325. The largest absolute Gasteiger partial charge is 0.490 e. The smallest absolute Gasteiger partial charge is 0.161 e. The molecule has 3 N–H and O–H groups in total. The summed E-state index contributed by atoms with van der Waals surface area (Å²) in [6, 6.07) is 5.34. The van der Waals surface area contributed by atoms with E-state index in [1.165, 1.54) is 0 Å². The molecule has 0 aromatic heterocycles. The van der Waals surface area contributed by atoms with Gasteiger partial charge >= 0.3 is 0 Å². The maximum atomic E-state index is 9.18. The molecule has 100 valence electrons. The lowest BCUT2D eigenvalue weighted by atomic mass is 10.2. The fraction of sp³-hybridized carbons (Fsp3) is 0.462. The normalized spacial score (nSPS) is 11.9. The first-order chi connectivity index (χ1) is 8.54. The Labute approximate surface area is 113 Å². The molecule has 5 heteroatoms. The van der Waals surface area contributed by atoms with Crippen LogP contribution in [0.15, 0.2) is 18.2 Å². The van der Waals surface area contributed by atoms with Gasteiger partial charge in [0.1, 0.15) is 4.99 Å². The molecule has 0 aliphatic rings. The number of ether oxygens (including phenoxy) is 2. The number of hydrogen-bond acceptors (Lipinski definition) is 4. The number of thiocarbonyl (C=S) groups is 1. The van der Waals surface area contributed by atoms with E-state index in [1.807, 2.05) is 6.92 Å². The molecule has 1 aromatic rings. The van der Waals surface area contributed by atoms with Crippen molar-refractivity contribution in [1.29, 1.82) is 0 Å². The van der Waals surface area contributed by atoms with Gasteiger partial charge in [-0.2, -0.15) is 0 Å². The van der Waals surface area contributed by atoms with Crippen LogP contribution in [0.25, 0.3) is 0 Å². The quantitative estimate of drug-likeness (QED) is 0.740. The molecule has 0 heterocycles. The number of aliphatic hydroxyl groups excluding tert-OH is 1. The minimum Gasteiger partial charge on any atom is -0.490 e. The highest BCUT2D eigenvalue weighted by atomic mass is 32.1. The van der Waals surface area contributed by atoms with Gasteiger partial charge in [0.25, 0.3) is 0 Å². The summed E-state index contributed by atoms with van der Waals surface area (Å²) < 4.78 is 11.0. The average molecular weight is 269 g/mol. The molecule has 0 radical (unpaired) electrons. The van der Waals surface area contributed by atoms with Crippen molar-refractivity contribution >= 4 is 17.2 Å². The highest BCUT2D eigenvalue weighted by molar-refractivity contribution is 7.80. The van der Waals surface area contributed by atoms with E-state index >= 15 is 0 Å². The fourth-order valence-electron chi connectivity index (χ4n) is 1.39. The molecule has 0 aliphatic heterocycles. The zero-order valence-electron chi connectivity index (χ0n) is 10.7. The van der Waals surface area contributed by atoms with Crippen molar-refractivity contribution in [2.45, 2.75) is 26.4 Å². The van der Waals surface area contributed by atoms with Gasteiger partial charge in [-0.25, -0.2) is 0 Å². The third-order valence-corrected chi connectivity index (χ3v) is 2.56.